The van der Waals surface area contributed by atoms with Crippen LogP contribution in [0.25, 0.3) is 0 Å². The molecular weight excluding hydrogens is 162 g/mol. The summed E-state index contributed by atoms with van der Waals surface area (Å²) in [6, 6.07) is 1.18. The van der Waals surface area contributed by atoms with E-state index in [1.165, 1.54) is 12.8 Å². The summed E-state index contributed by atoms with van der Waals surface area (Å²) in [4.78, 5) is 11.5. The smallest absolute Gasteiger partial charge is 0.147 e. The lowest BCUT2D eigenvalue weighted by atomic mass is 9.88. The summed E-state index contributed by atoms with van der Waals surface area (Å²) in [6.07, 6.45) is 9.96. The zero-order valence-corrected chi connectivity index (χ0v) is 7.75. The number of terminal acetylenes is 1. The Morgan fingerprint density at radius 1 is 1.38 bits per heavy atom. The maximum Gasteiger partial charge on any atom is 0.147 e. The molecule has 2 unspecified atom stereocenters. The highest BCUT2D eigenvalue weighted by atomic mass is 16.1. The van der Waals surface area contributed by atoms with E-state index in [9.17, 15) is 4.79 Å². The van der Waals surface area contributed by atoms with Crippen molar-refractivity contribution in [2.24, 2.45) is 5.92 Å². The SMILES string of the molecule is C#CCC(=O)C1CC2CCC(C1)N2. The van der Waals surface area contributed by atoms with Crippen molar-refractivity contribution >= 4 is 5.78 Å². The minimum atomic E-state index is 0.245. The van der Waals surface area contributed by atoms with E-state index in [0.717, 1.165) is 12.8 Å². The van der Waals surface area contributed by atoms with Crippen LogP contribution in [0.1, 0.15) is 32.1 Å². The molecule has 2 aliphatic rings. The van der Waals surface area contributed by atoms with Gasteiger partial charge in [-0.15, -0.1) is 6.42 Å². The molecule has 2 heterocycles. The first-order chi connectivity index (χ1) is 6.29. The van der Waals surface area contributed by atoms with Crippen molar-refractivity contribution in [3.8, 4) is 12.3 Å². The second kappa shape index (κ2) is 3.51. The van der Waals surface area contributed by atoms with Gasteiger partial charge in [-0.3, -0.25) is 4.79 Å². The second-order valence-electron chi connectivity index (χ2n) is 4.15. The lowest BCUT2D eigenvalue weighted by Gasteiger charge is -2.27. The highest BCUT2D eigenvalue weighted by Crippen LogP contribution is 2.31. The van der Waals surface area contributed by atoms with Gasteiger partial charge in [-0.05, 0) is 25.7 Å². The maximum absolute atomic E-state index is 11.5. The fourth-order valence-electron chi connectivity index (χ4n) is 2.57. The number of carbonyl (C=O) groups excluding carboxylic acids is 1. The zero-order valence-electron chi connectivity index (χ0n) is 7.75. The predicted octanol–water partition coefficient (Wildman–Crippen LogP) is 1.11. The number of carbonyl (C=O) groups is 1. The maximum atomic E-state index is 11.5. The highest BCUT2D eigenvalue weighted by Gasteiger charge is 2.35. The molecule has 0 spiro atoms. The fraction of sp³-hybridized carbons (Fsp3) is 0.727. The quantitative estimate of drug-likeness (QED) is 0.640. The normalized spacial score (nSPS) is 37.0. The number of ketones is 1. The third kappa shape index (κ3) is 1.76. The Morgan fingerprint density at radius 3 is 2.54 bits per heavy atom. The molecule has 0 aromatic carbocycles. The van der Waals surface area contributed by atoms with Crippen molar-refractivity contribution in [3.05, 3.63) is 0 Å². The van der Waals surface area contributed by atoms with Crippen LogP contribution in [0.2, 0.25) is 0 Å². The van der Waals surface area contributed by atoms with Gasteiger partial charge >= 0.3 is 0 Å². The zero-order chi connectivity index (χ0) is 9.26. The molecule has 0 aromatic heterocycles. The lowest BCUT2D eigenvalue weighted by molar-refractivity contribution is -0.123. The predicted molar refractivity (Wildman–Crippen MR) is 51.1 cm³/mol. The first-order valence-electron chi connectivity index (χ1n) is 5.02. The molecule has 0 radical (unpaired) electrons. The Labute approximate surface area is 79.1 Å². The van der Waals surface area contributed by atoms with Crippen LogP contribution in [0.4, 0.5) is 0 Å². The molecule has 0 amide bonds. The highest BCUT2D eigenvalue weighted by molar-refractivity contribution is 5.83. The monoisotopic (exact) mass is 177 g/mol. The topological polar surface area (TPSA) is 29.1 Å². The van der Waals surface area contributed by atoms with E-state index in [0.29, 0.717) is 18.5 Å². The number of fused-ring (bicyclic) bond motifs is 2. The van der Waals surface area contributed by atoms with Crippen molar-refractivity contribution in [1.29, 1.82) is 0 Å². The average Bonchev–Trinajstić information content (AvgIpc) is 2.46. The average molecular weight is 177 g/mol. The van der Waals surface area contributed by atoms with E-state index < -0.39 is 0 Å². The molecule has 2 bridgehead atoms. The van der Waals surface area contributed by atoms with Gasteiger partial charge in [-0.1, -0.05) is 5.92 Å². The lowest BCUT2D eigenvalue weighted by Crippen LogP contribution is -2.40. The van der Waals surface area contributed by atoms with Gasteiger partial charge in [0.1, 0.15) is 5.78 Å². The van der Waals surface area contributed by atoms with Crippen LogP contribution >= 0.6 is 0 Å². The van der Waals surface area contributed by atoms with Gasteiger partial charge in [0.15, 0.2) is 0 Å². The second-order valence-corrected chi connectivity index (χ2v) is 4.15. The molecule has 13 heavy (non-hydrogen) atoms. The minimum Gasteiger partial charge on any atom is -0.311 e. The summed E-state index contributed by atoms with van der Waals surface area (Å²) in [5.74, 6) is 2.97. The Morgan fingerprint density at radius 2 is 2.00 bits per heavy atom. The van der Waals surface area contributed by atoms with Gasteiger partial charge in [0.2, 0.25) is 0 Å². The Hall–Kier alpha value is -0.810. The number of piperidine rings is 1. The van der Waals surface area contributed by atoms with Crippen LogP contribution < -0.4 is 5.32 Å². The van der Waals surface area contributed by atoms with Crippen LogP contribution in [0.5, 0.6) is 0 Å². The first-order valence-corrected chi connectivity index (χ1v) is 5.02. The summed E-state index contributed by atoms with van der Waals surface area (Å²) in [6.45, 7) is 0. The number of Topliss-reactive ketones (excluding diaryl/α,β-unsaturated/α-hetero) is 1. The van der Waals surface area contributed by atoms with Crippen LogP contribution in [-0.4, -0.2) is 17.9 Å². The number of nitrogens with one attached hydrogen (secondary N) is 1. The molecule has 2 nitrogen and oxygen atoms in total. The minimum absolute atomic E-state index is 0.245. The van der Waals surface area contributed by atoms with Gasteiger partial charge in [0.05, 0.1) is 6.42 Å². The van der Waals surface area contributed by atoms with E-state index in [2.05, 4.69) is 11.2 Å². The molecule has 2 rings (SSSR count). The van der Waals surface area contributed by atoms with E-state index in [1.807, 2.05) is 0 Å². The number of rotatable bonds is 2. The summed E-state index contributed by atoms with van der Waals surface area (Å²) in [5, 5.41) is 3.51. The van der Waals surface area contributed by atoms with Gasteiger partial charge in [0, 0.05) is 18.0 Å². The molecule has 0 saturated carbocycles. The van der Waals surface area contributed by atoms with Gasteiger partial charge in [-0.2, -0.15) is 0 Å². The van der Waals surface area contributed by atoms with E-state index >= 15 is 0 Å². The van der Waals surface area contributed by atoms with Crippen LogP contribution in [-0.2, 0) is 4.79 Å². The molecule has 2 aliphatic heterocycles. The van der Waals surface area contributed by atoms with E-state index in [4.69, 9.17) is 6.42 Å². The van der Waals surface area contributed by atoms with Crippen molar-refractivity contribution in [3.63, 3.8) is 0 Å². The number of hydrogen-bond acceptors (Lipinski definition) is 2. The summed E-state index contributed by atoms with van der Waals surface area (Å²) in [7, 11) is 0. The molecule has 2 heteroatoms. The van der Waals surface area contributed by atoms with Crippen LogP contribution in [0, 0.1) is 18.3 Å². The fourth-order valence-corrected chi connectivity index (χ4v) is 2.57. The number of hydrogen-bond donors (Lipinski definition) is 1. The molecule has 2 saturated heterocycles. The molecule has 2 fully saturated rings. The van der Waals surface area contributed by atoms with Crippen molar-refractivity contribution in [1.82, 2.24) is 5.32 Å². The molecule has 0 aromatic rings. The van der Waals surface area contributed by atoms with Crippen LogP contribution in [0.3, 0.4) is 0 Å². The molecule has 70 valence electrons. The third-order valence-electron chi connectivity index (χ3n) is 3.20. The summed E-state index contributed by atoms with van der Waals surface area (Å²) < 4.78 is 0. The first kappa shape index (κ1) is 8.77. The van der Waals surface area contributed by atoms with Gasteiger partial charge in [-0.25, -0.2) is 0 Å². The van der Waals surface area contributed by atoms with Crippen molar-refractivity contribution in [2.75, 3.05) is 0 Å². The standard InChI is InChI=1S/C11H15NO/c1-2-3-11(13)8-6-9-4-5-10(7-8)12-9/h1,8-10,12H,3-7H2. The van der Waals surface area contributed by atoms with E-state index in [-0.39, 0.29) is 11.7 Å². The van der Waals surface area contributed by atoms with Crippen LogP contribution in [0.15, 0.2) is 0 Å². The Kier molecular flexibility index (Phi) is 2.37. The summed E-state index contributed by atoms with van der Waals surface area (Å²) in [5.41, 5.74) is 0. The molecule has 0 aliphatic carbocycles. The molecular formula is C11H15NO. The third-order valence-corrected chi connectivity index (χ3v) is 3.20. The summed E-state index contributed by atoms with van der Waals surface area (Å²) >= 11 is 0. The van der Waals surface area contributed by atoms with Gasteiger partial charge < -0.3 is 5.32 Å². The van der Waals surface area contributed by atoms with E-state index in [1.54, 1.807) is 0 Å². The molecule has 1 N–H and O–H groups in total. The van der Waals surface area contributed by atoms with Crippen molar-refractivity contribution < 1.29 is 4.79 Å². The Bertz CT molecular complexity index is 241. The largest absolute Gasteiger partial charge is 0.311 e. The van der Waals surface area contributed by atoms with Crippen molar-refractivity contribution in [2.45, 2.75) is 44.2 Å². The Balaban J connectivity index is 1.95. The van der Waals surface area contributed by atoms with Gasteiger partial charge in [0.25, 0.3) is 0 Å². The molecule has 2 atom stereocenters.